The zero-order valence-corrected chi connectivity index (χ0v) is 13.7. The van der Waals surface area contributed by atoms with E-state index >= 15 is 0 Å². The molecule has 122 valence electrons. The number of likely N-dealkylation sites (tertiary alicyclic amines) is 1. The van der Waals surface area contributed by atoms with Crippen molar-refractivity contribution in [3.63, 3.8) is 0 Å². The summed E-state index contributed by atoms with van der Waals surface area (Å²) in [5.41, 5.74) is 1.38. The summed E-state index contributed by atoms with van der Waals surface area (Å²) in [5.74, 6) is -0.0774. The van der Waals surface area contributed by atoms with Crippen LogP contribution in [0.4, 0.5) is 0 Å². The van der Waals surface area contributed by atoms with Crippen LogP contribution in [0.15, 0.2) is 30.3 Å². The number of carbonyl (C=O) groups is 1. The third-order valence-corrected chi connectivity index (χ3v) is 4.66. The Balaban J connectivity index is 1.78. The Morgan fingerprint density at radius 3 is 2.73 bits per heavy atom. The maximum Gasteiger partial charge on any atom is 0.303 e. The highest BCUT2D eigenvalue weighted by Gasteiger charge is 2.28. The summed E-state index contributed by atoms with van der Waals surface area (Å²) in [6.45, 7) is 6.45. The Morgan fingerprint density at radius 1 is 1.36 bits per heavy atom. The third-order valence-electron chi connectivity index (χ3n) is 4.66. The van der Waals surface area contributed by atoms with E-state index in [0.717, 1.165) is 39.0 Å². The molecule has 1 N–H and O–H groups in total. The molecule has 22 heavy (non-hydrogen) atoms. The first kappa shape index (κ1) is 17.0. The van der Waals surface area contributed by atoms with Gasteiger partial charge >= 0.3 is 5.97 Å². The average Bonchev–Trinajstić information content (AvgIpc) is 2.48. The first-order valence-electron chi connectivity index (χ1n) is 8.24. The lowest BCUT2D eigenvalue weighted by atomic mass is 9.92. The van der Waals surface area contributed by atoms with Crippen molar-refractivity contribution >= 4 is 5.97 Å². The van der Waals surface area contributed by atoms with E-state index in [1.54, 1.807) is 0 Å². The number of hydrogen-bond acceptors (Lipinski definition) is 3. The van der Waals surface area contributed by atoms with Crippen molar-refractivity contribution in [3.8, 4) is 0 Å². The minimum absolute atomic E-state index is 0.269. The Morgan fingerprint density at radius 2 is 2.09 bits per heavy atom. The smallest absolute Gasteiger partial charge is 0.303 e. The molecule has 0 spiro atoms. The quantitative estimate of drug-likeness (QED) is 0.841. The van der Waals surface area contributed by atoms with E-state index in [-0.39, 0.29) is 6.42 Å². The van der Waals surface area contributed by atoms with Gasteiger partial charge in [-0.1, -0.05) is 37.3 Å². The maximum atomic E-state index is 10.6. The van der Waals surface area contributed by atoms with E-state index in [1.165, 1.54) is 5.56 Å². The monoisotopic (exact) mass is 304 g/mol. The fraction of sp³-hybridized carbons (Fsp3) is 0.611. The molecule has 0 saturated carbocycles. The standard InChI is InChI=1S/C18H28N2O2/c1-15-13-20(14-16-7-4-3-5-8-16)12-10-17(15)19(2)11-6-9-18(21)22/h3-5,7-8,15,17H,6,9-14H2,1-2H3,(H,21,22)/t15-,17-/m0/s1. The largest absolute Gasteiger partial charge is 0.481 e. The zero-order valence-electron chi connectivity index (χ0n) is 13.7. The molecule has 0 bridgehead atoms. The van der Waals surface area contributed by atoms with Crippen molar-refractivity contribution in [2.75, 3.05) is 26.7 Å². The van der Waals surface area contributed by atoms with E-state index in [4.69, 9.17) is 5.11 Å². The fourth-order valence-corrected chi connectivity index (χ4v) is 3.51. The van der Waals surface area contributed by atoms with Crippen LogP contribution in [0.25, 0.3) is 0 Å². The van der Waals surface area contributed by atoms with Crippen LogP contribution in [0.1, 0.15) is 31.7 Å². The van der Waals surface area contributed by atoms with Crippen LogP contribution < -0.4 is 0 Å². The van der Waals surface area contributed by atoms with Crippen molar-refractivity contribution in [3.05, 3.63) is 35.9 Å². The van der Waals surface area contributed by atoms with Crippen molar-refractivity contribution in [2.24, 2.45) is 5.92 Å². The van der Waals surface area contributed by atoms with Gasteiger partial charge in [-0.2, -0.15) is 0 Å². The molecule has 2 rings (SSSR count). The zero-order chi connectivity index (χ0) is 15.9. The molecule has 1 aliphatic rings. The number of aliphatic carboxylic acids is 1. The van der Waals surface area contributed by atoms with E-state index < -0.39 is 5.97 Å². The van der Waals surface area contributed by atoms with Crippen LogP contribution in [-0.2, 0) is 11.3 Å². The number of piperidine rings is 1. The first-order valence-corrected chi connectivity index (χ1v) is 8.24. The molecule has 0 amide bonds. The van der Waals surface area contributed by atoms with Gasteiger partial charge < -0.3 is 10.0 Å². The third kappa shape index (κ3) is 5.11. The normalized spacial score (nSPS) is 22.9. The molecule has 1 fully saturated rings. The molecule has 4 heteroatoms. The predicted molar refractivity (Wildman–Crippen MR) is 88.8 cm³/mol. The van der Waals surface area contributed by atoms with Crippen LogP contribution in [0, 0.1) is 5.92 Å². The Kier molecular flexibility index (Phi) is 6.40. The summed E-state index contributed by atoms with van der Waals surface area (Å²) in [5, 5.41) is 8.74. The summed E-state index contributed by atoms with van der Waals surface area (Å²) in [6, 6.07) is 11.2. The number of rotatable bonds is 7. The van der Waals surface area contributed by atoms with Gasteiger partial charge in [0.2, 0.25) is 0 Å². The molecular formula is C18H28N2O2. The highest BCUT2D eigenvalue weighted by atomic mass is 16.4. The van der Waals surface area contributed by atoms with Gasteiger partial charge in [0.05, 0.1) is 0 Å². The summed E-state index contributed by atoms with van der Waals surface area (Å²) in [6.07, 6.45) is 2.17. The second-order valence-electron chi connectivity index (χ2n) is 6.53. The lowest BCUT2D eigenvalue weighted by molar-refractivity contribution is -0.137. The molecule has 1 aromatic carbocycles. The molecule has 0 radical (unpaired) electrons. The number of benzene rings is 1. The number of nitrogens with zero attached hydrogens (tertiary/aromatic N) is 2. The molecular weight excluding hydrogens is 276 g/mol. The van der Waals surface area contributed by atoms with Gasteiger partial charge in [-0.25, -0.2) is 0 Å². The minimum atomic E-state index is -0.695. The van der Waals surface area contributed by atoms with Gasteiger partial charge in [-0.05, 0) is 44.5 Å². The number of carboxylic acids is 1. The van der Waals surface area contributed by atoms with Gasteiger partial charge in [-0.3, -0.25) is 9.69 Å². The molecule has 2 atom stereocenters. The second kappa shape index (κ2) is 8.30. The molecule has 0 unspecified atom stereocenters. The number of carboxylic acid groups (broad SMARTS) is 1. The highest BCUT2D eigenvalue weighted by molar-refractivity contribution is 5.66. The summed E-state index contributed by atoms with van der Waals surface area (Å²) < 4.78 is 0. The molecule has 1 aromatic rings. The minimum Gasteiger partial charge on any atom is -0.481 e. The van der Waals surface area contributed by atoms with Crippen molar-refractivity contribution < 1.29 is 9.90 Å². The van der Waals surface area contributed by atoms with Crippen LogP contribution in [0.3, 0.4) is 0 Å². The van der Waals surface area contributed by atoms with Gasteiger partial charge in [0.1, 0.15) is 0 Å². The topological polar surface area (TPSA) is 43.8 Å². The molecule has 4 nitrogen and oxygen atoms in total. The summed E-state index contributed by atoms with van der Waals surface area (Å²) >= 11 is 0. The Bertz CT molecular complexity index is 463. The molecule has 1 saturated heterocycles. The second-order valence-corrected chi connectivity index (χ2v) is 6.53. The molecule has 0 aliphatic carbocycles. The van der Waals surface area contributed by atoms with Crippen molar-refractivity contribution in [2.45, 2.75) is 38.8 Å². The van der Waals surface area contributed by atoms with Gasteiger partial charge in [0, 0.05) is 25.6 Å². The number of hydrogen-bond donors (Lipinski definition) is 1. The van der Waals surface area contributed by atoms with Crippen LogP contribution in [-0.4, -0.2) is 53.6 Å². The van der Waals surface area contributed by atoms with E-state index in [1.807, 2.05) is 0 Å². The first-order chi connectivity index (χ1) is 10.6. The lowest BCUT2D eigenvalue weighted by Gasteiger charge is -2.41. The fourth-order valence-electron chi connectivity index (χ4n) is 3.51. The van der Waals surface area contributed by atoms with Gasteiger partial charge in [0.25, 0.3) is 0 Å². The highest BCUT2D eigenvalue weighted by Crippen LogP contribution is 2.23. The average molecular weight is 304 g/mol. The SMILES string of the molecule is C[C@H]1CN(Cc2ccccc2)CC[C@@H]1N(C)CCCC(=O)O. The van der Waals surface area contributed by atoms with Crippen LogP contribution in [0.5, 0.6) is 0 Å². The molecule has 0 aromatic heterocycles. The van der Waals surface area contributed by atoms with E-state index in [0.29, 0.717) is 12.0 Å². The van der Waals surface area contributed by atoms with Gasteiger partial charge in [0.15, 0.2) is 0 Å². The lowest BCUT2D eigenvalue weighted by Crippen LogP contribution is -2.48. The summed E-state index contributed by atoms with van der Waals surface area (Å²) in [4.78, 5) is 15.5. The summed E-state index contributed by atoms with van der Waals surface area (Å²) in [7, 11) is 2.13. The Hall–Kier alpha value is -1.39. The van der Waals surface area contributed by atoms with Crippen molar-refractivity contribution in [1.82, 2.24) is 9.80 Å². The van der Waals surface area contributed by atoms with Crippen LogP contribution >= 0.6 is 0 Å². The predicted octanol–water partition coefficient (Wildman–Crippen LogP) is 2.69. The van der Waals surface area contributed by atoms with Crippen LogP contribution in [0.2, 0.25) is 0 Å². The maximum absolute atomic E-state index is 10.6. The van der Waals surface area contributed by atoms with Gasteiger partial charge in [-0.15, -0.1) is 0 Å². The molecule has 1 aliphatic heterocycles. The van der Waals surface area contributed by atoms with E-state index in [2.05, 4.69) is 54.1 Å². The molecule has 1 heterocycles. The van der Waals surface area contributed by atoms with E-state index in [9.17, 15) is 4.79 Å². The Labute approximate surface area is 133 Å². The van der Waals surface area contributed by atoms with Crippen molar-refractivity contribution in [1.29, 1.82) is 0 Å².